The number of hydrogen-bond donors (Lipinski definition) is 5. The van der Waals surface area contributed by atoms with Crippen molar-refractivity contribution >= 4 is 23.9 Å². The minimum Gasteiger partial charge on any atom is -0.480 e. The van der Waals surface area contributed by atoms with Crippen LogP contribution in [0.25, 0.3) is 0 Å². The maximum Gasteiger partial charge on any atom is 0.408 e. The Kier molecular flexibility index (Phi) is 10.4. The van der Waals surface area contributed by atoms with Gasteiger partial charge in [-0.3, -0.25) is 9.59 Å². The van der Waals surface area contributed by atoms with Crippen molar-refractivity contribution in [2.75, 3.05) is 6.54 Å². The maximum atomic E-state index is 12.6. The van der Waals surface area contributed by atoms with E-state index in [4.69, 9.17) is 9.84 Å². The quantitative estimate of drug-likeness (QED) is 0.351. The lowest BCUT2D eigenvalue weighted by atomic mass is 9.81. The summed E-state index contributed by atoms with van der Waals surface area (Å²) in [5.41, 5.74) is -0.660. The number of carboxylic acids is 1. The van der Waals surface area contributed by atoms with E-state index >= 15 is 0 Å². The third-order valence-electron chi connectivity index (χ3n) is 5.45. The molecule has 10 heteroatoms. The lowest BCUT2D eigenvalue weighted by Crippen LogP contribution is -2.52. The third kappa shape index (κ3) is 9.42. The first-order valence-corrected chi connectivity index (χ1v) is 11.2. The number of amides is 3. The van der Waals surface area contributed by atoms with Gasteiger partial charge < -0.3 is 30.9 Å². The second kappa shape index (κ2) is 12.0. The summed E-state index contributed by atoms with van der Waals surface area (Å²) in [7, 11) is 0. The normalized spacial score (nSPS) is 21.8. The van der Waals surface area contributed by atoms with Gasteiger partial charge in [0.25, 0.3) is 0 Å². The van der Waals surface area contributed by atoms with Crippen LogP contribution in [0, 0.1) is 17.8 Å². The standard InChI is InChI=1S/C22H39N3O7/c1-12(2)16(25-21(31)32-22(4,5)6)19(28)23-11-14-7-9-15(10-8-14)18(27)24-17(13(3)26)20(29)30/h12-17,26H,7-11H2,1-6H3,(H,23,28)(H,24,27)(H,25,31)(H,29,30)/t13?,14?,15?,16-,17+/m1/s1. The number of carboxylic acid groups (broad SMARTS) is 1. The highest BCUT2D eigenvalue weighted by molar-refractivity contribution is 5.86. The fourth-order valence-electron chi connectivity index (χ4n) is 3.61. The lowest BCUT2D eigenvalue weighted by molar-refractivity contribution is -0.145. The molecule has 1 aliphatic rings. The molecule has 3 atom stereocenters. The molecule has 0 aromatic heterocycles. The van der Waals surface area contributed by atoms with Gasteiger partial charge in [-0.25, -0.2) is 9.59 Å². The van der Waals surface area contributed by atoms with Crippen LogP contribution in [-0.2, 0) is 19.1 Å². The second-order valence-electron chi connectivity index (χ2n) is 9.90. The van der Waals surface area contributed by atoms with Crippen molar-refractivity contribution in [1.82, 2.24) is 16.0 Å². The van der Waals surface area contributed by atoms with Gasteiger partial charge in [-0.15, -0.1) is 0 Å². The van der Waals surface area contributed by atoms with Crippen molar-refractivity contribution in [1.29, 1.82) is 0 Å². The summed E-state index contributed by atoms with van der Waals surface area (Å²) < 4.78 is 5.23. The molecule has 1 aliphatic carbocycles. The number of nitrogens with one attached hydrogen (secondary N) is 3. The lowest BCUT2D eigenvalue weighted by Gasteiger charge is -2.30. The SMILES string of the molecule is CC(O)[C@H](NC(=O)C1CCC(CNC(=O)[C@H](NC(=O)OC(C)(C)C)C(C)C)CC1)C(=O)O. The molecule has 10 nitrogen and oxygen atoms in total. The van der Waals surface area contributed by atoms with Gasteiger partial charge in [-0.05, 0) is 65.2 Å². The van der Waals surface area contributed by atoms with E-state index in [0.717, 1.165) is 0 Å². The molecule has 1 fully saturated rings. The van der Waals surface area contributed by atoms with E-state index in [-0.39, 0.29) is 29.6 Å². The zero-order valence-electron chi connectivity index (χ0n) is 19.9. The highest BCUT2D eigenvalue weighted by atomic mass is 16.6. The van der Waals surface area contributed by atoms with Gasteiger partial charge in [-0.1, -0.05) is 13.8 Å². The summed E-state index contributed by atoms with van der Waals surface area (Å²) in [6.07, 6.45) is 0.721. The minimum absolute atomic E-state index is 0.127. The van der Waals surface area contributed by atoms with Crippen molar-refractivity contribution in [3.05, 3.63) is 0 Å². The fourth-order valence-corrected chi connectivity index (χ4v) is 3.61. The van der Waals surface area contributed by atoms with Crippen molar-refractivity contribution in [3.63, 3.8) is 0 Å². The van der Waals surface area contributed by atoms with E-state index in [1.54, 1.807) is 20.8 Å². The Balaban J connectivity index is 2.50. The number of rotatable bonds is 9. The number of aliphatic hydroxyl groups is 1. The van der Waals surface area contributed by atoms with Gasteiger partial charge in [0.2, 0.25) is 11.8 Å². The average molecular weight is 458 g/mol. The zero-order chi connectivity index (χ0) is 24.6. The van der Waals surface area contributed by atoms with Gasteiger partial charge in [0.1, 0.15) is 11.6 Å². The smallest absolute Gasteiger partial charge is 0.408 e. The second-order valence-corrected chi connectivity index (χ2v) is 9.90. The summed E-state index contributed by atoms with van der Waals surface area (Å²) in [6.45, 7) is 10.7. The number of ether oxygens (including phenoxy) is 1. The molecule has 32 heavy (non-hydrogen) atoms. The minimum atomic E-state index is -1.33. The Labute approximate surface area is 189 Å². The van der Waals surface area contributed by atoms with Crippen LogP contribution in [0.15, 0.2) is 0 Å². The van der Waals surface area contributed by atoms with Crippen LogP contribution in [0.2, 0.25) is 0 Å². The van der Waals surface area contributed by atoms with E-state index in [0.29, 0.717) is 32.2 Å². The highest BCUT2D eigenvalue weighted by Gasteiger charge is 2.32. The molecule has 0 aromatic carbocycles. The van der Waals surface area contributed by atoms with Crippen LogP contribution in [0.5, 0.6) is 0 Å². The van der Waals surface area contributed by atoms with Crippen molar-refractivity contribution in [2.24, 2.45) is 17.8 Å². The van der Waals surface area contributed by atoms with E-state index in [1.165, 1.54) is 6.92 Å². The molecular formula is C22H39N3O7. The van der Waals surface area contributed by atoms with Crippen LogP contribution in [0.4, 0.5) is 4.79 Å². The Morgan fingerprint density at radius 2 is 1.53 bits per heavy atom. The molecule has 0 saturated heterocycles. The van der Waals surface area contributed by atoms with Crippen molar-refractivity contribution < 1.29 is 34.1 Å². The Morgan fingerprint density at radius 3 is 1.97 bits per heavy atom. The van der Waals surface area contributed by atoms with Gasteiger partial charge in [0.15, 0.2) is 6.04 Å². The molecule has 1 saturated carbocycles. The third-order valence-corrected chi connectivity index (χ3v) is 5.45. The molecule has 0 aliphatic heterocycles. The molecule has 1 rings (SSSR count). The summed E-state index contributed by atoms with van der Waals surface area (Å²) in [5, 5.41) is 26.5. The van der Waals surface area contributed by atoms with Crippen molar-refractivity contribution in [2.45, 2.75) is 91.0 Å². The number of alkyl carbamates (subject to hydrolysis) is 1. The number of aliphatic hydroxyl groups excluding tert-OH is 1. The molecule has 3 amide bonds. The molecule has 0 spiro atoms. The molecule has 5 N–H and O–H groups in total. The first kappa shape index (κ1) is 27.7. The maximum absolute atomic E-state index is 12.6. The molecule has 0 aromatic rings. The zero-order valence-corrected chi connectivity index (χ0v) is 19.9. The van der Waals surface area contributed by atoms with Gasteiger partial charge >= 0.3 is 12.1 Å². The molecule has 1 unspecified atom stereocenters. The van der Waals surface area contributed by atoms with Crippen LogP contribution in [0.1, 0.15) is 67.2 Å². The predicted octanol–water partition coefficient (Wildman–Crippen LogP) is 1.41. The first-order valence-electron chi connectivity index (χ1n) is 11.2. The Hall–Kier alpha value is -2.36. The number of carbonyl (C=O) groups excluding carboxylic acids is 3. The largest absolute Gasteiger partial charge is 0.480 e. The molecule has 0 radical (unpaired) electrons. The molecule has 0 heterocycles. The highest BCUT2D eigenvalue weighted by Crippen LogP contribution is 2.28. The van der Waals surface area contributed by atoms with Crippen LogP contribution in [-0.4, -0.2) is 64.4 Å². The first-order chi connectivity index (χ1) is 14.7. The Bertz CT molecular complexity index is 665. The van der Waals surface area contributed by atoms with Crippen LogP contribution >= 0.6 is 0 Å². The number of aliphatic carboxylic acids is 1. The molecule has 184 valence electrons. The van der Waals surface area contributed by atoms with E-state index in [2.05, 4.69) is 16.0 Å². The molecular weight excluding hydrogens is 418 g/mol. The summed E-state index contributed by atoms with van der Waals surface area (Å²) in [4.78, 5) is 48.2. The Morgan fingerprint density at radius 1 is 0.969 bits per heavy atom. The van der Waals surface area contributed by atoms with Gasteiger partial charge in [0, 0.05) is 12.5 Å². The topological polar surface area (TPSA) is 154 Å². The van der Waals surface area contributed by atoms with E-state index < -0.39 is 35.9 Å². The average Bonchev–Trinajstić information content (AvgIpc) is 2.66. The number of carbonyl (C=O) groups is 4. The van der Waals surface area contributed by atoms with Gasteiger partial charge in [-0.2, -0.15) is 0 Å². The fraction of sp³-hybridized carbons (Fsp3) is 0.818. The number of hydrogen-bond acceptors (Lipinski definition) is 6. The summed E-state index contributed by atoms with van der Waals surface area (Å²) >= 11 is 0. The van der Waals surface area contributed by atoms with Crippen LogP contribution < -0.4 is 16.0 Å². The predicted molar refractivity (Wildman–Crippen MR) is 118 cm³/mol. The van der Waals surface area contributed by atoms with Gasteiger partial charge in [0.05, 0.1) is 6.10 Å². The van der Waals surface area contributed by atoms with Crippen LogP contribution in [0.3, 0.4) is 0 Å². The van der Waals surface area contributed by atoms with E-state index in [1.807, 2.05) is 13.8 Å². The molecule has 0 bridgehead atoms. The summed E-state index contributed by atoms with van der Waals surface area (Å²) in [5.74, 6) is -2.19. The monoisotopic (exact) mass is 457 g/mol. The summed E-state index contributed by atoms with van der Waals surface area (Å²) in [6, 6.07) is -2.05. The van der Waals surface area contributed by atoms with Crippen molar-refractivity contribution in [3.8, 4) is 0 Å². The van der Waals surface area contributed by atoms with E-state index in [9.17, 15) is 24.3 Å².